The van der Waals surface area contributed by atoms with E-state index < -0.39 is 0 Å². The van der Waals surface area contributed by atoms with E-state index in [-0.39, 0.29) is 17.2 Å². The standard InChI is InChI=1S/C35H41N5O3/c41-30(36-22-26-10-4-1-5-11-26)21-18-25-16-19-29(20-17-25)32-37-31-33(38-32)39(23-27-12-6-2-7-13-27)35(43)40(34(31)42)24-28-14-8-3-9-15-28/h1,4-5,10-11,16-21,27-28H,2-3,6-9,12-15,22-24H2,(H,36,41)(H,37,38). The highest BCUT2D eigenvalue weighted by Crippen LogP contribution is 2.27. The van der Waals surface area contributed by atoms with E-state index in [2.05, 4.69) is 10.3 Å². The molecule has 6 rings (SSSR count). The van der Waals surface area contributed by atoms with E-state index in [1.54, 1.807) is 10.6 Å². The van der Waals surface area contributed by atoms with E-state index in [0.29, 0.717) is 48.5 Å². The Hall–Kier alpha value is -4.20. The predicted molar refractivity (Wildman–Crippen MR) is 171 cm³/mol. The molecule has 8 heteroatoms. The first-order valence-corrected chi connectivity index (χ1v) is 15.9. The highest BCUT2D eigenvalue weighted by Gasteiger charge is 2.24. The zero-order valence-corrected chi connectivity index (χ0v) is 24.8. The second-order valence-corrected chi connectivity index (χ2v) is 12.3. The molecular weight excluding hydrogens is 538 g/mol. The van der Waals surface area contributed by atoms with Crippen molar-refractivity contribution in [3.05, 3.63) is 92.6 Å². The van der Waals surface area contributed by atoms with Gasteiger partial charge in [-0.05, 0) is 54.7 Å². The third-order valence-electron chi connectivity index (χ3n) is 9.11. The summed E-state index contributed by atoms with van der Waals surface area (Å²) in [4.78, 5) is 47.9. The van der Waals surface area contributed by atoms with Crippen molar-refractivity contribution in [3.8, 4) is 11.4 Å². The number of benzene rings is 2. The summed E-state index contributed by atoms with van der Waals surface area (Å²) >= 11 is 0. The summed E-state index contributed by atoms with van der Waals surface area (Å²) in [6, 6.07) is 17.5. The molecule has 0 radical (unpaired) electrons. The molecular formula is C35H41N5O3. The van der Waals surface area contributed by atoms with Crippen LogP contribution < -0.4 is 16.6 Å². The number of H-pyrrole nitrogens is 1. The number of amides is 1. The van der Waals surface area contributed by atoms with Crippen LogP contribution in [0.15, 0.2) is 70.3 Å². The topological polar surface area (TPSA) is 102 Å². The van der Waals surface area contributed by atoms with Crippen molar-refractivity contribution in [2.24, 2.45) is 11.8 Å². The van der Waals surface area contributed by atoms with E-state index in [9.17, 15) is 14.4 Å². The van der Waals surface area contributed by atoms with E-state index in [1.165, 1.54) is 36.3 Å². The van der Waals surface area contributed by atoms with Gasteiger partial charge in [0.25, 0.3) is 5.56 Å². The fourth-order valence-corrected chi connectivity index (χ4v) is 6.65. The van der Waals surface area contributed by atoms with Gasteiger partial charge in [-0.3, -0.25) is 18.7 Å². The van der Waals surface area contributed by atoms with Gasteiger partial charge in [-0.1, -0.05) is 93.1 Å². The third-order valence-corrected chi connectivity index (χ3v) is 9.11. The molecule has 0 unspecified atom stereocenters. The number of rotatable bonds is 9. The molecule has 8 nitrogen and oxygen atoms in total. The molecule has 0 aliphatic heterocycles. The number of hydrogen-bond acceptors (Lipinski definition) is 4. The number of aromatic amines is 1. The van der Waals surface area contributed by atoms with Gasteiger partial charge >= 0.3 is 5.69 Å². The van der Waals surface area contributed by atoms with Crippen molar-refractivity contribution >= 4 is 23.1 Å². The van der Waals surface area contributed by atoms with Crippen LogP contribution in [0.2, 0.25) is 0 Å². The van der Waals surface area contributed by atoms with Gasteiger partial charge in [0.2, 0.25) is 5.91 Å². The van der Waals surface area contributed by atoms with Crippen LogP contribution in [-0.2, 0) is 24.4 Å². The maximum atomic E-state index is 13.8. The minimum absolute atomic E-state index is 0.161. The van der Waals surface area contributed by atoms with Crippen LogP contribution in [0.3, 0.4) is 0 Å². The van der Waals surface area contributed by atoms with Gasteiger partial charge in [0.15, 0.2) is 5.65 Å². The fraction of sp³-hybridized carbons (Fsp3) is 0.429. The molecule has 4 aromatic rings. The van der Waals surface area contributed by atoms with E-state index in [4.69, 9.17) is 4.98 Å². The molecule has 2 aliphatic carbocycles. The Labute approximate surface area is 251 Å². The highest BCUT2D eigenvalue weighted by molar-refractivity contribution is 5.91. The van der Waals surface area contributed by atoms with Crippen molar-refractivity contribution < 1.29 is 4.79 Å². The SMILES string of the molecule is O=C(C=Cc1ccc(-c2nc3c([nH]2)c(=O)n(CC2CCCCC2)c(=O)n3CC2CCCCC2)cc1)NCc1ccccc1. The molecule has 2 aromatic carbocycles. The second-order valence-electron chi connectivity index (χ2n) is 12.3. The van der Waals surface area contributed by atoms with Crippen LogP contribution in [0.25, 0.3) is 28.6 Å². The zero-order chi connectivity index (χ0) is 29.6. The van der Waals surface area contributed by atoms with Crippen molar-refractivity contribution in [3.63, 3.8) is 0 Å². The molecule has 2 aliphatic rings. The monoisotopic (exact) mass is 579 g/mol. The first-order valence-electron chi connectivity index (χ1n) is 15.9. The molecule has 0 saturated heterocycles. The quantitative estimate of drug-likeness (QED) is 0.236. The largest absolute Gasteiger partial charge is 0.348 e. The van der Waals surface area contributed by atoms with Crippen LogP contribution in [-0.4, -0.2) is 25.0 Å². The Morgan fingerprint density at radius 2 is 1.47 bits per heavy atom. The van der Waals surface area contributed by atoms with Crippen molar-refractivity contribution in [1.29, 1.82) is 0 Å². The molecule has 224 valence electrons. The number of aromatic nitrogens is 4. The summed E-state index contributed by atoms with van der Waals surface area (Å²) < 4.78 is 3.24. The molecule has 2 aromatic heterocycles. The smallest absolute Gasteiger partial charge is 0.332 e. The summed E-state index contributed by atoms with van der Waals surface area (Å²) in [5.74, 6) is 1.19. The number of carbonyl (C=O) groups is 1. The number of hydrogen-bond donors (Lipinski definition) is 2. The summed E-state index contributed by atoms with van der Waals surface area (Å²) in [5.41, 5.74) is 3.10. The average molecular weight is 580 g/mol. The number of carbonyl (C=O) groups excluding carboxylic acids is 1. The number of imidazole rings is 1. The van der Waals surface area contributed by atoms with Crippen LogP contribution in [0.5, 0.6) is 0 Å². The van der Waals surface area contributed by atoms with Gasteiger partial charge in [-0.25, -0.2) is 9.78 Å². The molecule has 0 bridgehead atoms. The fourth-order valence-electron chi connectivity index (χ4n) is 6.65. The third kappa shape index (κ3) is 6.90. The number of fused-ring (bicyclic) bond motifs is 1. The van der Waals surface area contributed by atoms with Crippen LogP contribution in [0, 0.1) is 11.8 Å². The summed E-state index contributed by atoms with van der Waals surface area (Å²) in [7, 11) is 0. The molecule has 2 N–H and O–H groups in total. The summed E-state index contributed by atoms with van der Waals surface area (Å²) in [5, 5.41) is 2.90. The van der Waals surface area contributed by atoms with E-state index >= 15 is 0 Å². The van der Waals surface area contributed by atoms with Crippen LogP contribution in [0.4, 0.5) is 0 Å². The first kappa shape index (κ1) is 28.9. The van der Waals surface area contributed by atoms with Crippen LogP contribution in [0.1, 0.15) is 75.3 Å². The van der Waals surface area contributed by atoms with Crippen molar-refractivity contribution in [1.82, 2.24) is 24.4 Å². The van der Waals surface area contributed by atoms with E-state index in [0.717, 1.165) is 55.2 Å². The lowest BCUT2D eigenvalue weighted by Crippen LogP contribution is -2.42. The summed E-state index contributed by atoms with van der Waals surface area (Å²) in [6.07, 6.45) is 14.8. The predicted octanol–water partition coefficient (Wildman–Crippen LogP) is 6.04. The molecule has 2 heterocycles. The number of nitrogens with zero attached hydrogens (tertiary/aromatic N) is 3. The minimum atomic E-state index is -0.273. The number of nitrogens with one attached hydrogen (secondary N) is 2. The molecule has 2 fully saturated rings. The molecule has 0 atom stereocenters. The van der Waals surface area contributed by atoms with Crippen LogP contribution >= 0.6 is 0 Å². The molecule has 0 spiro atoms. The van der Waals surface area contributed by atoms with Gasteiger partial charge in [0, 0.05) is 31.3 Å². The lowest BCUT2D eigenvalue weighted by Gasteiger charge is -2.24. The molecule has 2 saturated carbocycles. The molecule has 1 amide bonds. The molecule has 43 heavy (non-hydrogen) atoms. The Morgan fingerprint density at radius 1 is 0.837 bits per heavy atom. The minimum Gasteiger partial charge on any atom is -0.348 e. The maximum absolute atomic E-state index is 13.8. The van der Waals surface area contributed by atoms with Gasteiger partial charge < -0.3 is 10.3 Å². The van der Waals surface area contributed by atoms with Gasteiger partial charge in [0.05, 0.1) is 0 Å². The van der Waals surface area contributed by atoms with Gasteiger partial charge in [-0.2, -0.15) is 0 Å². The van der Waals surface area contributed by atoms with Gasteiger partial charge in [-0.15, -0.1) is 0 Å². The first-order chi connectivity index (χ1) is 21.0. The average Bonchev–Trinajstić information content (AvgIpc) is 3.50. The second kappa shape index (κ2) is 13.4. The highest BCUT2D eigenvalue weighted by atomic mass is 16.2. The van der Waals surface area contributed by atoms with E-state index in [1.807, 2.05) is 54.6 Å². The summed E-state index contributed by atoms with van der Waals surface area (Å²) in [6.45, 7) is 1.55. The maximum Gasteiger partial charge on any atom is 0.332 e. The Bertz CT molecular complexity index is 1690. The zero-order valence-electron chi connectivity index (χ0n) is 24.8. The lowest BCUT2D eigenvalue weighted by atomic mass is 9.89. The van der Waals surface area contributed by atoms with Gasteiger partial charge in [0.1, 0.15) is 11.3 Å². The Kier molecular flexibility index (Phi) is 9.01. The van der Waals surface area contributed by atoms with Crippen molar-refractivity contribution in [2.75, 3.05) is 0 Å². The Balaban J connectivity index is 1.25. The lowest BCUT2D eigenvalue weighted by molar-refractivity contribution is -0.116. The van der Waals surface area contributed by atoms with Crippen molar-refractivity contribution in [2.45, 2.75) is 83.8 Å². The normalized spacial score (nSPS) is 16.7. The Morgan fingerprint density at radius 3 is 2.12 bits per heavy atom.